The number of methoxy groups -OCH3 is 2. The normalized spacial score (nSPS) is 13.9. The molecule has 2 aromatic rings. The van der Waals surface area contributed by atoms with E-state index in [4.69, 9.17) is 9.47 Å². The molecule has 0 saturated heterocycles. The fourth-order valence-corrected chi connectivity index (χ4v) is 4.57. The van der Waals surface area contributed by atoms with E-state index in [2.05, 4.69) is 16.1 Å². The van der Waals surface area contributed by atoms with Gasteiger partial charge in [0.05, 0.1) is 30.4 Å². The zero-order valence-electron chi connectivity index (χ0n) is 18.1. The second-order valence-corrected chi connectivity index (χ2v) is 9.18. The summed E-state index contributed by atoms with van der Waals surface area (Å²) in [6.07, 6.45) is 7.08. The lowest BCUT2D eigenvalue weighted by Crippen LogP contribution is -2.26. The minimum absolute atomic E-state index is 0.181. The van der Waals surface area contributed by atoms with E-state index in [-0.39, 0.29) is 17.1 Å². The molecule has 7 nitrogen and oxygen atoms in total. The first-order chi connectivity index (χ1) is 15.3. The topological polar surface area (TPSA) is 93.7 Å². The van der Waals surface area contributed by atoms with E-state index in [1.54, 1.807) is 12.1 Å². The van der Waals surface area contributed by atoms with Crippen molar-refractivity contribution in [2.24, 2.45) is 0 Å². The maximum Gasteiger partial charge on any atom is 0.258 e. The zero-order valence-corrected chi connectivity index (χ0v) is 18.9. The number of halogens is 1. The van der Waals surface area contributed by atoms with Crippen LogP contribution in [-0.4, -0.2) is 35.1 Å². The smallest absolute Gasteiger partial charge is 0.258 e. The number of hydrogen-bond donors (Lipinski definition) is 2. The molecule has 2 aromatic carbocycles. The number of nitrogens with one attached hydrogen (secondary N) is 2. The lowest BCUT2D eigenvalue weighted by atomic mass is 9.97. The minimum atomic E-state index is -3.90. The Kier molecular flexibility index (Phi) is 7.87. The van der Waals surface area contributed by atoms with Gasteiger partial charge in [-0.25, -0.2) is 17.5 Å². The van der Waals surface area contributed by atoms with Crippen molar-refractivity contribution in [2.75, 3.05) is 26.1 Å². The van der Waals surface area contributed by atoms with Crippen LogP contribution < -0.4 is 19.5 Å². The van der Waals surface area contributed by atoms with E-state index in [9.17, 15) is 17.6 Å². The minimum Gasteiger partial charge on any atom is -0.497 e. The molecule has 0 fully saturated rings. The van der Waals surface area contributed by atoms with Crippen molar-refractivity contribution in [2.45, 2.75) is 37.0 Å². The predicted molar refractivity (Wildman–Crippen MR) is 120 cm³/mol. The Hall–Kier alpha value is -2.91. The molecule has 0 atom stereocenters. The fourth-order valence-electron chi connectivity index (χ4n) is 3.51. The molecule has 9 heteroatoms. The fraction of sp³-hybridized carbons (Fsp3) is 0.348. The molecule has 0 saturated carbocycles. The van der Waals surface area contributed by atoms with Gasteiger partial charge in [-0.2, -0.15) is 0 Å². The molecule has 0 heterocycles. The summed E-state index contributed by atoms with van der Waals surface area (Å²) in [7, 11) is -0.997. The summed E-state index contributed by atoms with van der Waals surface area (Å²) in [6, 6.07) is 7.90. The molecule has 2 N–H and O–H groups in total. The molecule has 32 heavy (non-hydrogen) atoms. The summed E-state index contributed by atoms with van der Waals surface area (Å²) in [5, 5.41) is 2.55. The molecule has 0 unspecified atom stereocenters. The van der Waals surface area contributed by atoms with Gasteiger partial charge in [0.1, 0.15) is 17.3 Å². The maximum atomic E-state index is 14.4. The van der Waals surface area contributed by atoms with Gasteiger partial charge in [0.15, 0.2) is 0 Å². The molecule has 3 rings (SSSR count). The van der Waals surface area contributed by atoms with Gasteiger partial charge in [-0.3, -0.25) is 4.79 Å². The van der Waals surface area contributed by atoms with Crippen LogP contribution in [0, 0.1) is 5.82 Å². The van der Waals surface area contributed by atoms with Gasteiger partial charge in [0.25, 0.3) is 5.91 Å². The maximum absolute atomic E-state index is 14.4. The van der Waals surface area contributed by atoms with E-state index in [0.29, 0.717) is 17.9 Å². The number of carbonyl (C=O) groups is 1. The van der Waals surface area contributed by atoms with E-state index >= 15 is 0 Å². The number of allylic oxidation sites excluding steroid dienone is 1. The molecule has 1 aliphatic rings. The van der Waals surface area contributed by atoms with Gasteiger partial charge in [0.2, 0.25) is 10.0 Å². The average molecular weight is 463 g/mol. The summed E-state index contributed by atoms with van der Waals surface area (Å²) in [5.74, 6) is -0.827. The van der Waals surface area contributed by atoms with Crippen molar-refractivity contribution in [3.05, 3.63) is 59.4 Å². The van der Waals surface area contributed by atoms with Crippen LogP contribution in [-0.2, 0) is 10.0 Å². The first-order valence-corrected chi connectivity index (χ1v) is 11.8. The van der Waals surface area contributed by atoms with Crippen molar-refractivity contribution >= 4 is 21.6 Å². The Bertz CT molecular complexity index is 1120. The lowest BCUT2D eigenvalue weighted by Gasteiger charge is -2.14. The summed E-state index contributed by atoms with van der Waals surface area (Å²) in [6.45, 7) is 0.244. The molecular formula is C23H27FN2O5S. The molecule has 0 spiro atoms. The monoisotopic (exact) mass is 462 g/mol. The van der Waals surface area contributed by atoms with Crippen molar-refractivity contribution in [3.63, 3.8) is 0 Å². The number of benzene rings is 2. The van der Waals surface area contributed by atoms with Gasteiger partial charge in [-0.15, -0.1) is 0 Å². The van der Waals surface area contributed by atoms with Crippen LogP contribution in [0.3, 0.4) is 0 Å². The lowest BCUT2D eigenvalue weighted by molar-refractivity contribution is 0.102. The molecule has 0 aromatic heterocycles. The summed E-state index contributed by atoms with van der Waals surface area (Å²) < 4.78 is 52.6. The first kappa shape index (κ1) is 23.7. The van der Waals surface area contributed by atoms with E-state index in [0.717, 1.165) is 43.9 Å². The van der Waals surface area contributed by atoms with Gasteiger partial charge in [-0.05, 0) is 62.4 Å². The second kappa shape index (κ2) is 10.6. The number of anilines is 1. The van der Waals surface area contributed by atoms with Crippen LogP contribution in [0.5, 0.6) is 11.5 Å². The zero-order chi connectivity index (χ0) is 23.1. The highest BCUT2D eigenvalue weighted by molar-refractivity contribution is 7.89. The highest BCUT2D eigenvalue weighted by atomic mass is 32.2. The summed E-state index contributed by atoms with van der Waals surface area (Å²) in [5.41, 5.74) is 1.11. The number of hydrogen-bond acceptors (Lipinski definition) is 5. The summed E-state index contributed by atoms with van der Waals surface area (Å²) >= 11 is 0. The first-order valence-electron chi connectivity index (χ1n) is 10.3. The number of rotatable bonds is 9. The molecule has 1 amide bonds. The molecule has 0 bridgehead atoms. The third kappa shape index (κ3) is 5.86. The van der Waals surface area contributed by atoms with Crippen molar-refractivity contribution in [1.29, 1.82) is 0 Å². The molecule has 1 aliphatic carbocycles. The van der Waals surface area contributed by atoms with Gasteiger partial charge < -0.3 is 14.8 Å². The van der Waals surface area contributed by atoms with Gasteiger partial charge >= 0.3 is 0 Å². The number of amides is 1. The highest BCUT2D eigenvalue weighted by Crippen LogP contribution is 2.29. The highest BCUT2D eigenvalue weighted by Gasteiger charge is 2.20. The standard InChI is InChI=1S/C23H27FN2O5S/c1-30-17-8-11-22(31-2)21(14-17)26-23(27)19-15-18(9-10-20(19)24)32(28,29)25-13-12-16-6-4-3-5-7-16/h6,8-11,14-15,25H,3-5,7,12-13H2,1-2H3,(H,26,27). The van der Waals surface area contributed by atoms with Crippen LogP contribution >= 0.6 is 0 Å². The van der Waals surface area contributed by atoms with Crippen molar-refractivity contribution in [1.82, 2.24) is 4.72 Å². The Morgan fingerprint density at radius 1 is 1.09 bits per heavy atom. The quantitative estimate of drug-likeness (QED) is 0.543. The molecular weight excluding hydrogens is 435 g/mol. The third-order valence-electron chi connectivity index (χ3n) is 5.27. The van der Waals surface area contributed by atoms with Crippen molar-refractivity contribution in [3.8, 4) is 11.5 Å². The number of sulfonamides is 1. The largest absolute Gasteiger partial charge is 0.497 e. The van der Waals surface area contributed by atoms with Crippen LogP contribution in [0.25, 0.3) is 0 Å². The predicted octanol–water partition coefficient (Wildman–Crippen LogP) is 4.26. The Morgan fingerprint density at radius 2 is 1.91 bits per heavy atom. The second-order valence-electron chi connectivity index (χ2n) is 7.42. The van der Waals surface area contributed by atoms with E-state index < -0.39 is 27.3 Å². The van der Waals surface area contributed by atoms with Crippen LogP contribution in [0.1, 0.15) is 42.5 Å². The summed E-state index contributed by atoms with van der Waals surface area (Å²) in [4.78, 5) is 12.6. The Balaban J connectivity index is 1.76. The Labute approximate surface area is 187 Å². The SMILES string of the molecule is COc1ccc(OC)c(NC(=O)c2cc(S(=O)(=O)NCCC3=CCCCC3)ccc2F)c1. The average Bonchev–Trinajstić information content (AvgIpc) is 2.79. The van der Waals surface area contributed by atoms with Gasteiger partial charge in [0, 0.05) is 12.6 Å². The molecule has 0 aliphatic heterocycles. The van der Waals surface area contributed by atoms with E-state index in [1.165, 1.54) is 25.9 Å². The van der Waals surface area contributed by atoms with Crippen LogP contribution in [0.15, 0.2) is 52.9 Å². The molecule has 172 valence electrons. The van der Waals surface area contributed by atoms with E-state index in [1.807, 2.05) is 0 Å². The Morgan fingerprint density at radius 3 is 2.59 bits per heavy atom. The van der Waals surface area contributed by atoms with Gasteiger partial charge in [-0.1, -0.05) is 11.6 Å². The third-order valence-corrected chi connectivity index (χ3v) is 6.73. The molecule has 0 radical (unpaired) electrons. The number of ether oxygens (including phenoxy) is 2. The van der Waals surface area contributed by atoms with Crippen LogP contribution in [0.2, 0.25) is 0 Å². The van der Waals surface area contributed by atoms with Crippen molar-refractivity contribution < 1.29 is 27.1 Å². The van der Waals surface area contributed by atoms with Crippen LogP contribution in [0.4, 0.5) is 10.1 Å². The number of carbonyl (C=O) groups excluding carboxylic acids is 1.